The van der Waals surface area contributed by atoms with Gasteiger partial charge in [-0.25, -0.2) is 0 Å². The zero-order valence-electron chi connectivity index (χ0n) is 18.8. The molecule has 1 saturated carbocycles. The molecule has 1 spiro atoms. The second-order valence-corrected chi connectivity index (χ2v) is 9.41. The minimum Gasteiger partial charge on any atom is -0.497 e. The van der Waals surface area contributed by atoms with E-state index in [-0.39, 0.29) is 17.6 Å². The van der Waals surface area contributed by atoms with Crippen LogP contribution in [0.25, 0.3) is 11.0 Å². The zero-order chi connectivity index (χ0) is 23.4. The summed E-state index contributed by atoms with van der Waals surface area (Å²) in [7, 11) is 1.53. The SMILES string of the molecule is COc1ccc2occ([C@H]3CC(=O)Oc4ccc5c(c43)OC3(CCCCC3)CC5=O)c(=O)c2c1. The highest BCUT2D eigenvalue weighted by atomic mass is 16.5. The van der Waals surface area contributed by atoms with E-state index in [2.05, 4.69) is 0 Å². The van der Waals surface area contributed by atoms with Crippen molar-refractivity contribution >= 4 is 22.7 Å². The summed E-state index contributed by atoms with van der Waals surface area (Å²) in [6, 6.07) is 8.32. The van der Waals surface area contributed by atoms with Crippen molar-refractivity contribution < 1.29 is 28.2 Å². The van der Waals surface area contributed by atoms with E-state index >= 15 is 0 Å². The van der Waals surface area contributed by atoms with Crippen molar-refractivity contribution in [3.63, 3.8) is 0 Å². The molecule has 174 valence electrons. The molecule has 6 rings (SSSR count). The van der Waals surface area contributed by atoms with Gasteiger partial charge in [0, 0.05) is 17.0 Å². The molecule has 7 heteroatoms. The Kier molecular flexibility index (Phi) is 4.76. The monoisotopic (exact) mass is 460 g/mol. The molecule has 0 amide bonds. The standard InChI is InChI=1S/C27H24O7/c1-31-15-5-7-21-18(11-15)25(30)19(14-32-21)17-12-23(29)33-22-8-6-16-20(28)13-27(9-3-2-4-10-27)34-26(16)24(17)22/h5-8,11,14,17H,2-4,9-10,12-13H2,1H3/t17-/m1/s1. The van der Waals surface area contributed by atoms with Gasteiger partial charge < -0.3 is 18.6 Å². The van der Waals surface area contributed by atoms with Crippen molar-refractivity contribution in [1.29, 1.82) is 0 Å². The zero-order valence-corrected chi connectivity index (χ0v) is 18.8. The first-order valence-electron chi connectivity index (χ1n) is 11.7. The van der Waals surface area contributed by atoms with Crippen molar-refractivity contribution in [3.05, 3.63) is 63.5 Å². The Balaban J connectivity index is 1.54. The molecular weight excluding hydrogens is 436 g/mol. The van der Waals surface area contributed by atoms with E-state index in [1.807, 2.05) is 0 Å². The molecule has 1 aromatic heterocycles. The minimum absolute atomic E-state index is 0.0249. The molecule has 1 fully saturated rings. The smallest absolute Gasteiger partial charge is 0.312 e. The molecule has 3 aliphatic rings. The summed E-state index contributed by atoms with van der Waals surface area (Å²) >= 11 is 0. The van der Waals surface area contributed by atoms with E-state index in [1.54, 1.807) is 30.3 Å². The fourth-order valence-electron chi connectivity index (χ4n) is 5.64. The Hall–Kier alpha value is -3.61. The van der Waals surface area contributed by atoms with Crippen LogP contribution in [0.3, 0.4) is 0 Å². The number of Topliss-reactive ketones (excluding diaryl/α,β-unsaturated/α-hetero) is 1. The van der Waals surface area contributed by atoms with Gasteiger partial charge in [0.15, 0.2) is 11.2 Å². The lowest BCUT2D eigenvalue weighted by atomic mass is 9.76. The summed E-state index contributed by atoms with van der Waals surface area (Å²) < 4.78 is 23.2. The number of carbonyl (C=O) groups excluding carboxylic acids is 2. The number of carbonyl (C=O) groups is 2. The van der Waals surface area contributed by atoms with Crippen LogP contribution in [0.4, 0.5) is 0 Å². The second-order valence-electron chi connectivity index (χ2n) is 9.41. The van der Waals surface area contributed by atoms with E-state index in [1.165, 1.54) is 13.4 Å². The molecule has 7 nitrogen and oxygen atoms in total. The van der Waals surface area contributed by atoms with Gasteiger partial charge in [-0.15, -0.1) is 0 Å². The third-order valence-electron chi connectivity index (χ3n) is 7.35. The highest BCUT2D eigenvalue weighted by Crippen LogP contribution is 2.50. The maximum atomic E-state index is 13.6. The van der Waals surface area contributed by atoms with Gasteiger partial charge in [-0.1, -0.05) is 6.42 Å². The molecule has 34 heavy (non-hydrogen) atoms. The molecule has 3 aromatic rings. The Bertz CT molecular complexity index is 1390. The average Bonchev–Trinajstić information content (AvgIpc) is 2.84. The molecule has 2 aliphatic heterocycles. The highest BCUT2D eigenvalue weighted by Gasteiger charge is 2.45. The molecular formula is C27H24O7. The first kappa shape index (κ1) is 21.0. The molecule has 3 heterocycles. The maximum absolute atomic E-state index is 13.6. The van der Waals surface area contributed by atoms with Crippen LogP contribution in [0.2, 0.25) is 0 Å². The summed E-state index contributed by atoms with van der Waals surface area (Å²) in [6.07, 6.45) is 6.47. The number of methoxy groups -OCH3 is 1. The second kappa shape index (κ2) is 7.72. The molecule has 0 radical (unpaired) electrons. The van der Waals surface area contributed by atoms with Crippen LogP contribution in [0, 0.1) is 0 Å². The minimum atomic E-state index is -0.649. The third-order valence-corrected chi connectivity index (χ3v) is 7.35. The lowest BCUT2D eigenvalue weighted by Crippen LogP contribution is -2.44. The lowest BCUT2D eigenvalue weighted by Gasteiger charge is -2.42. The molecule has 2 aromatic carbocycles. The number of hydrogen-bond acceptors (Lipinski definition) is 7. The molecule has 1 aliphatic carbocycles. The van der Waals surface area contributed by atoms with Gasteiger partial charge in [0.05, 0.1) is 37.2 Å². The molecule has 0 bridgehead atoms. The van der Waals surface area contributed by atoms with Crippen LogP contribution in [0.1, 0.15) is 72.3 Å². The number of rotatable bonds is 2. The van der Waals surface area contributed by atoms with Crippen LogP contribution in [0.5, 0.6) is 17.2 Å². The van der Waals surface area contributed by atoms with Gasteiger partial charge in [-0.3, -0.25) is 14.4 Å². The summed E-state index contributed by atoms with van der Waals surface area (Å²) in [4.78, 5) is 39.3. The van der Waals surface area contributed by atoms with Crippen LogP contribution in [-0.4, -0.2) is 24.5 Å². The normalized spacial score (nSPS) is 20.9. The van der Waals surface area contributed by atoms with Crippen LogP contribution in [-0.2, 0) is 4.79 Å². The van der Waals surface area contributed by atoms with Crippen molar-refractivity contribution in [3.8, 4) is 17.2 Å². The number of benzene rings is 2. The number of esters is 1. The Morgan fingerprint density at radius 3 is 2.65 bits per heavy atom. The predicted molar refractivity (Wildman–Crippen MR) is 123 cm³/mol. The van der Waals surface area contributed by atoms with Crippen molar-refractivity contribution in [2.75, 3.05) is 7.11 Å². The van der Waals surface area contributed by atoms with E-state index in [9.17, 15) is 14.4 Å². The topological polar surface area (TPSA) is 92.0 Å². The van der Waals surface area contributed by atoms with Gasteiger partial charge in [0.2, 0.25) is 0 Å². The molecule has 0 saturated heterocycles. The molecule has 0 N–H and O–H groups in total. The Labute approximate surface area is 195 Å². The van der Waals surface area contributed by atoms with Crippen LogP contribution < -0.4 is 19.6 Å². The lowest BCUT2D eigenvalue weighted by molar-refractivity contribution is -0.135. The largest absolute Gasteiger partial charge is 0.497 e. The van der Waals surface area contributed by atoms with Crippen LogP contribution >= 0.6 is 0 Å². The highest BCUT2D eigenvalue weighted by molar-refractivity contribution is 6.01. The number of hydrogen-bond donors (Lipinski definition) is 0. The quantitative estimate of drug-likeness (QED) is 0.396. The number of ketones is 1. The van der Waals surface area contributed by atoms with E-state index in [0.717, 1.165) is 32.1 Å². The van der Waals surface area contributed by atoms with Gasteiger partial charge >= 0.3 is 5.97 Å². The molecule has 1 atom stereocenters. The summed E-state index contributed by atoms with van der Waals surface area (Å²) in [6.45, 7) is 0. The van der Waals surface area contributed by atoms with Gasteiger partial charge in [-0.2, -0.15) is 0 Å². The van der Waals surface area contributed by atoms with E-state index in [0.29, 0.717) is 51.3 Å². The van der Waals surface area contributed by atoms with Gasteiger partial charge in [-0.05, 0) is 56.0 Å². The molecule has 0 unspecified atom stereocenters. The summed E-state index contributed by atoms with van der Waals surface area (Å²) in [5.74, 6) is 0.230. The van der Waals surface area contributed by atoms with Gasteiger partial charge in [0.1, 0.15) is 28.4 Å². The van der Waals surface area contributed by atoms with E-state index in [4.69, 9.17) is 18.6 Å². The number of fused-ring (bicyclic) bond motifs is 4. The fourth-order valence-corrected chi connectivity index (χ4v) is 5.64. The first-order valence-corrected chi connectivity index (χ1v) is 11.7. The van der Waals surface area contributed by atoms with Crippen molar-refractivity contribution in [2.45, 2.75) is 56.5 Å². The Morgan fingerprint density at radius 2 is 1.85 bits per heavy atom. The van der Waals surface area contributed by atoms with Crippen LogP contribution in [0.15, 0.2) is 45.8 Å². The summed E-state index contributed by atoms with van der Waals surface area (Å²) in [5.41, 5.74) is 1.01. The fraction of sp³-hybridized carbons (Fsp3) is 0.370. The van der Waals surface area contributed by atoms with Crippen molar-refractivity contribution in [2.24, 2.45) is 0 Å². The van der Waals surface area contributed by atoms with E-state index < -0.39 is 17.5 Å². The number of ether oxygens (including phenoxy) is 3. The third kappa shape index (κ3) is 3.22. The van der Waals surface area contributed by atoms with Gasteiger partial charge in [0.25, 0.3) is 0 Å². The average molecular weight is 460 g/mol. The predicted octanol–water partition coefficient (Wildman–Crippen LogP) is 4.91. The van der Waals surface area contributed by atoms with Crippen molar-refractivity contribution in [1.82, 2.24) is 0 Å². The first-order chi connectivity index (χ1) is 16.5. The Morgan fingerprint density at radius 1 is 1.03 bits per heavy atom. The maximum Gasteiger partial charge on any atom is 0.312 e. The summed E-state index contributed by atoms with van der Waals surface area (Å²) in [5, 5.41) is 0.364.